The van der Waals surface area contributed by atoms with Crippen LogP contribution in [-0.2, 0) is 4.79 Å². The quantitative estimate of drug-likeness (QED) is 0.260. The maximum Gasteiger partial charge on any atom is 0.234 e. The SMILES string of the molecule is O=C(CSc1nnc(-c2cccc(Br)c2)n1-c1ccccc1)Nc1cccc2ccccc12. The van der Waals surface area contributed by atoms with Crippen LogP contribution < -0.4 is 5.32 Å². The van der Waals surface area contributed by atoms with Crippen molar-refractivity contribution < 1.29 is 4.79 Å². The molecule has 7 heteroatoms. The molecule has 0 aliphatic rings. The fourth-order valence-corrected chi connectivity index (χ4v) is 4.79. The van der Waals surface area contributed by atoms with Crippen molar-refractivity contribution in [1.29, 1.82) is 0 Å². The fourth-order valence-electron chi connectivity index (χ4n) is 3.64. The Morgan fingerprint density at radius 3 is 2.48 bits per heavy atom. The Morgan fingerprint density at radius 1 is 0.879 bits per heavy atom. The van der Waals surface area contributed by atoms with E-state index >= 15 is 0 Å². The minimum absolute atomic E-state index is 0.0945. The molecule has 5 rings (SSSR count). The molecule has 0 bridgehead atoms. The standard InChI is InChI=1S/C26H19BrN4OS/c27-20-11-6-10-19(16-20)25-29-30-26(31(25)21-12-2-1-3-13-21)33-17-24(32)28-23-15-7-9-18-8-4-5-14-22(18)23/h1-16H,17H2,(H,28,32). The minimum Gasteiger partial charge on any atom is -0.325 e. The molecular weight excluding hydrogens is 496 g/mol. The lowest BCUT2D eigenvalue weighted by atomic mass is 10.1. The van der Waals surface area contributed by atoms with Crippen LogP contribution in [0, 0.1) is 0 Å². The van der Waals surface area contributed by atoms with E-state index in [4.69, 9.17) is 0 Å². The molecule has 1 amide bonds. The van der Waals surface area contributed by atoms with Gasteiger partial charge in [-0.2, -0.15) is 0 Å². The Hall–Kier alpha value is -3.42. The Morgan fingerprint density at radius 2 is 1.64 bits per heavy atom. The van der Waals surface area contributed by atoms with Gasteiger partial charge in [0, 0.05) is 26.8 Å². The first-order chi connectivity index (χ1) is 16.2. The molecule has 33 heavy (non-hydrogen) atoms. The number of halogens is 1. The van der Waals surface area contributed by atoms with Gasteiger partial charge in [0.15, 0.2) is 11.0 Å². The van der Waals surface area contributed by atoms with Gasteiger partial charge in [-0.25, -0.2) is 0 Å². The van der Waals surface area contributed by atoms with Crippen molar-refractivity contribution >= 4 is 50.1 Å². The molecule has 0 spiro atoms. The van der Waals surface area contributed by atoms with Crippen molar-refractivity contribution in [3.05, 3.63) is 102 Å². The zero-order valence-electron chi connectivity index (χ0n) is 17.5. The number of hydrogen-bond donors (Lipinski definition) is 1. The number of nitrogens with one attached hydrogen (secondary N) is 1. The molecule has 1 heterocycles. The van der Waals surface area contributed by atoms with Crippen LogP contribution in [0.5, 0.6) is 0 Å². The number of anilines is 1. The molecular formula is C26H19BrN4OS. The highest BCUT2D eigenvalue weighted by atomic mass is 79.9. The number of aromatic nitrogens is 3. The number of rotatable bonds is 6. The molecule has 1 N–H and O–H groups in total. The molecule has 5 nitrogen and oxygen atoms in total. The lowest BCUT2D eigenvalue weighted by Crippen LogP contribution is -2.14. The van der Waals surface area contributed by atoms with Crippen molar-refractivity contribution in [2.45, 2.75) is 5.16 Å². The molecule has 1 aromatic heterocycles. The van der Waals surface area contributed by atoms with Gasteiger partial charge in [-0.05, 0) is 35.7 Å². The summed E-state index contributed by atoms with van der Waals surface area (Å²) in [6.45, 7) is 0. The predicted molar refractivity (Wildman–Crippen MR) is 138 cm³/mol. The molecule has 0 unspecified atom stereocenters. The van der Waals surface area contributed by atoms with E-state index in [-0.39, 0.29) is 11.7 Å². The smallest absolute Gasteiger partial charge is 0.234 e. The zero-order chi connectivity index (χ0) is 22.6. The summed E-state index contributed by atoms with van der Waals surface area (Å²) in [5.74, 6) is 0.842. The monoisotopic (exact) mass is 514 g/mol. The van der Waals surface area contributed by atoms with E-state index in [0.29, 0.717) is 5.16 Å². The van der Waals surface area contributed by atoms with Gasteiger partial charge >= 0.3 is 0 Å². The number of nitrogens with zero attached hydrogens (tertiary/aromatic N) is 3. The summed E-state index contributed by atoms with van der Waals surface area (Å²) >= 11 is 4.89. The van der Waals surface area contributed by atoms with Crippen molar-refractivity contribution in [2.75, 3.05) is 11.1 Å². The number of carbonyl (C=O) groups is 1. The van der Waals surface area contributed by atoms with Gasteiger partial charge in [0.2, 0.25) is 5.91 Å². The first kappa shape index (κ1) is 21.4. The Kier molecular flexibility index (Phi) is 6.24. The second kappa shape index (κ2) is 9.60. The highest BCUT2D eigenvalue weighted by Gasteiger charge is 2.17. The van der Waals surface area contributed by atoms with Gasteiger partial charge in [0.1, 0.15) is 0 Å². The third-order valence-electron chi connectivity index (χ3n) is 5.13. The van der Waals surface area contributed by atoms with Crippen molar-refractivity contribution in [1.82, 2.24) is 14.8 Å². The minimum atomic E-state index is -0.0945. The molecule has 0 aliphatic heterocycles. The topological polar surface area (TPSA) is 59.8 Å². The van der Waals surface area contributed by atoms with Gasteiger partial charge in [0.05, 0.1) is 5.75 Å². The summed E-state index contributed by atoms with van der Waals surface area (Å²) in [5, 5.41) is 14.7. The molecule has 0 saturated heterocycles. The number of amides is 1. The molecule has 0 atom stereocenters. The van der Waals surface area contributed by atoms with Crippen LogP contribution in [0.3, 0.4) is 0 Å². The van der Waals surface area contributed by atoms with E-state index in [2.05, 4.69) is 31.4 Å². The molecule has 5 aromatic rings. The second-order valence-corrected chi connectivity index (χ2v) is 9.21. The van der Waals surface area contributed by atoms with E-state index in [0.717, 1.165) is 38.0 Å². The van der Waals surface area contributed by atoms with Gasteiger partial charge in [-0.1, -0.05) is 94.4 Å². The van der Waals surface area contributed by atoms with E-state index in [1.807, 2.05) is 102 Å². The van der Waals surface area contributed by atoms with E-state index in [1.165, 1.54) is 11.8 Å². The van der Waals surface area contributed by atoms with Crippen molar-refractivity contribution in [3.8, 4) is 17.1 Å². The van der Waals surface area contributed by atoms with Crippen LogP contribution in [0.2, 0.25) is 0 Å². The molecule has 162 valence electrons. The number of para-hydroxylation sites is 1. The Bertz CT molecular complexity index is 1430. The van der Waals surface area contributed by atoms with Gasteiger partial charge < -0.3 is 5.32 Å². The summed E-state index contributed by atoms with van der Waals surface area (Å²) in [5.41, 5.74) is 2.68. The summed E-state index contributed by atoms with van der Waals surface area (Å²) in [6, 6.07) is 31.8. The van der Waals surface area contributed by atoms with E-state index in [9.17, 15) is 4.79 Å². The van der Waals surface area contributed by atoms with Crippen molar-refractivity contribution in [3.63, 3.8) is 0 Å². The third kappa shape index (κ3) is 4.69. The third-order valence-corrected chi connectivity index (χ3v) is 6.55. The molecule has 0 saturated carbocycles. The first-order valence-electron chi connectivity index (χ1n) is 10.4. The molecule has 0 radical (unpaired) electrons. The van der Waals surface area contributed by atoms with Crippen LogP contribution in [0.1, 0.15) is 0 Å². The second-order valence-electron chi connectivity index (χ2n) is 7.35. The maximum absolute atomic E-state index is 12.8. The largest absolute Gasteiger partial charge is 0.325 e. The highest BCUT2D eigenvalue weighted by Crippen LogP contribution is 2.30. The Labute approximate surface area is 204 Å². The maximum atomic E-state index is 12.8. The van der Waals surface area contributed by atoms with E-state index in [1.54, 1.807) is 0 Å². The number of fused-ring (bicyclic) bond motifs is 1. The molecule has 0 aliphatic carbocycles. The normalized spacial score (nSPS) is 10.9. The van der Waals surface area contributed by atoms with Gasteiger partial charge in [-0.15, -0.1) is 10.2 Å². The summed E-state index contributed by atoms with van der Waals surface area (Å²) in [7, 11) is 0. The predicted octanol–water partition coefficient (Wildman–Crippen LogP) is 6.58. The van der Waals surface area contributed by atoms with Crippen LogP contribution in [0.4, 0.5) is 5.69 Å². The molecule has 0 fully saturated rings. The number of benzene rings is 4. The number of carbonyl (C=O) groups excluding carboxylic acids is 1. The van der Waals surface area contributed by atoms with Crippen LogP contribution in [0.25, 0.3) is 27.8 Å². The summed E-state index contributed by atoms with van der Waals surface area (Å²) in [6.07, 6.45) is 0. The lowest BCUT2D eigenvalue weighted by molar-refractivity contribution is -0.113. The summed E-state index contributed by atoms with van der Waals surface area (Å²) < 4.78 is 2.95. The lowest BCUT2D eigenvalue weighted by Gasteiger charge is -2.11. The van der Waals surface area contributed by atoms with Gasteiger partial charge in [0.25, 0.3) is 0 Å². The van der Waals surface area contributed by atoms with Crippen LogP contribution >= 0.6 is 27.7 Å². The number of thioether (sulfide) groups is 1. The number of hydrogen-bond acceptors (Lipinski definition) is 4. The first-order valence-corrected chi connectivity index (χ1v) is 12.1. The van der Waals surface area contributed by atoms with E-state index < -0.39 is 0 Å². The average Bonchev–Trinajstić information content (AvgIpc) is 3.28. The fraction of sp³-hybridized carbons (Fsp3) is 0.0385. The zero-order valence-corrected chi connectivity index (χ0v) is 19.9. The van der Waals surface area contributed by atoms with Crippen LogP contribution in [-0.4, -0.2) is 26.4 Å². The van der Waals surface area contributed by atoms with Crippen molar-refractivity contribution in [2.24, 2.45) is 0 Å². The summed E-state index contributed by atoms with van der Waals surface area (Å²) in [4.78, 5) is 12.8. The molecule has 4 aromatic carbocycles. The highest BCUT2D eigenvalue weighted by molar-refractivity contribution is 9.10. The van der Waals surface area contributed by atoms with Crippen LogP contribution in [0.15, 0.2) is 107 Å². The van der Waals surface area contributed by atoms with Gasteiger partial charge in [-0.3, -0.25) is 9.36 Å². The Balaban J connectivity index is 1.41. The average molecular weight is 515 g/mol.